The summed E-state index contributed by atoms with van der Waals surface area (Å²) in [5, 5.41) is 9.51. The Morgan fingerprint density at radius 1 is 0.500 bits per heavy atom. The molecule has 0 aromatic rings. The molecule has 0 heterocycles. The fraction of sp³-hybridized carbons (Fsp3) is 0.976. The molecule has 0 radical (unpaired) electrons. The molecule has 48 heavy (non-hydrogen) atoms. The fourth-order valence-corrected chi connectivity index (χ4v) is 6.47. The van der Waals surface area contributed by atoms with Gasteiger partial charge in [0.2, 0.25) is 0 Å². The van der Waals surface area contributed by atoms with Gasteiger partial charge in [0, 0.05) is 13.0 Å². The Morgan fingerprint density at radius 2 is 0.917 bits per heavy atom. The second-order valence-electron chi connectivity index (χ2n) is 14.5. The molecule has 0 bridgehead atoms. The van der Waals surface area contributed by atoms with Gasteiger partial charge in [-0.25, -0.2) is 9.78 Å². The first-order valence-electron chi connectivity index (χ1n) is 21.4. The molecule has 1 unspecified atom stereocenters. The van der Waals surface area contributed by atoms with Gasteiger partial charge in [0.05, 0.1) is 25.9 Å². The summed E-state index contributed by atoms with van der Waals surface area (Å²) in [6.07, 6.45) is 37.9. The van der Waals surface area contributed by atoms with Crippen molar-refractivity contribution in [2.75, 3.05) is 39.5 Å². The van der Waals surface area contributed by atoms with E-state index < -0.39 is 0 Å². The van der Waals surface area contributed by atoms with Crippen molar-refractivity contribution < 1.29 is 24.4 Å². The number of nitrogens with zero attached hydrogens (tertiary/aromatic N) is 1. The third-order valence-electron chi connectivity index (χ3n) is 9.70. The molecular weight excluding hydrogens is 598 g/mol. The van der Waals surface area contributed by atoms with E-state index in [1.165, 1.54) is 154 Å². The molecule has 0 aliphatic rings. The van der Waals surface area contributed by atoms with Gasteiger partial charge in [-0.3, -0.25) is 4.79 Å². The van der Waals surface area contributed by atoms with Crippen molar-refractivity contribution in [1.82, 2.24) is 4.90 Å². The van der Waals surface area contributed by atoms with Gasteiger partial charge in [-0.1, -0.05) is 168 Å². The van der Waals surface area contributed by atoms with Crippen molar-refractivity contribution in [2.24, 2.45) is 0 Å². The summed E-state index contributed by atoms with van der Waals surface area (Å²) in [5.41, 5.74) is 0. The lowest BCUT2D eigenvalue weighted by atomic mass is 10.0. The summed E-state index contributed by atoms with van der Waals surface area (Å²) >= 11 is 0. The highest BCUT2D eigenvalue weighted by molar-refractivity contribution is 5.69. The van der Waals surface area contributed by atoms with Crippen LogP contribution in [0.1, 0.15) is 220 Å². The van der Waals surface area contributed by atoms with Crippen LogP contribution in [0.2, 0.25) is 0 Å². The highest BCUT2D eigenvalue weighted by Crippen LogP contribution is 2.17. The van der Waals surface area contributed by atoms with Crippen LogP contribution in [0.5, 0.6) is 0 Å². The van der Waals surface area contributed by atoms with Crippen LogP contribution >= 0.6 is 0 Å². The monoisotopic (exact) mass is 684 g/mol. The number of esters is 1. The lowest BCUT2D eigenvalue weighted by molar-refractivity contribution is -0.327. The summed E-state index contributed by atoms with van der Waals surface area (Å²) in [6.45, 7) is 11.3. The van der Waals surface area contributed by atoms with E-state index in [0.29, 0.717) is 13.0 Å². The van der Waals surface area contributed by atoms with Gasteiger partial charge >= 0.3 is 5.97 Å². The first-order chi connectivity index (χ1) is 23.7. The molecule has 0 fully saturated rings. The first kappa shape index (κ1) is 47.3. The second-order valence-corrected chi connectivity index (χ2v) is 14.5. The molecule has 0 rings (SSSR count). The molecule has 6 nitrogen and oxygen atoms in total. The zero-order chi connectivity index (χ0) is 35.0. The molecule has 1 atom stereocenters. The van der Waals surface area contributed by atoms with E-state index in [4.69, 9.17) is 14.5 Å². The number of carbonyl (C=O) groups is 1. The molecule has 0 aromatic heterocycles. The highest BCUT2D eigenvalue weighted by Gasteiger charge is 2.11. The third kappa shape index (κ3) is 36.6. The lowest BCUT2D eigenvalue weighted by Crippen LogP contribution is -2.29. The number of unbranched alkanes of at least 4 members (excludes halogenated alkanes) is 23. The molecule has 0 saturated carbocycles. The minimum Gasteiger partial charge on any atom is -0.466 e. The summed E-state index contributed by atoms with van der Waals surface area (Å²) < 4.78 is 5.41. The zero-order valence-corrected chi connectivity index (χ0v) is 32.8. The van der Waals surface area contributed by atoms with E-state index in [9.17, 15) is 9.90 Å². The standard InChI is InChI=1S/C42H85NO5/c1-4-7-10-13-16-23-30-39-46-42(45)34-27-20-18-22-29-36-43(37-38-44)35-28-21-15-17-24-31-40-47-48-41(32-25-12-9-6-3)33-26-19-14-11-8-5-2/h41,44H,4-40H2,1-3H3. The first-order valence-corrected chi connectivity index (χ1v) is 21.4. The molecule has 0 aliphatic carbocycles. The van der Waals surface area contributed by atoms with Gasteiger partial charge in [-0.2, -0.15) is 0 Å². The topological polar surface area (TPSA) is 68.2 Å². The van der Waals surface area contributed by atoms with Gasteiger partial charge in [0.25, 0.3) is 0 Å². The van der Waals surface area contributed by atoms with Crippen molar-refractivity contribution in [3.8, 4) is 0 Å². The maximum absolute atomic E-state index is 12.0. The molecule has 0 amide bonds. The minimum absolute atomic E-state index is 0.0202. The summed E-state index contributed by atoms with van der Waals surface area (Å²) in [5.74, 6) is -0.0202. The number of carbonyl (C=O) groups excluding carboxylic acids is 1. The second kappa shape index (κ2) is 40.7. The Kier molecular flexibility index (Phi) is 40.2. The van der Waals surface area contributed by atoms with Crippen molar-refractivity contribution >= 4 is 5.97 Å². The molecule has 0 saturated heterocycles. The molecule has 1 N–H and O–H groups in total. The van der Waals surface area contributed by atoms with Crippen LogP contribution in [-0.2, 0) is 19.3 Å². The fourth-order valence-electron chi connectivity index (χ4n) is 6.47. The Hall–Kier alpha value is -0.690. The number of hydrogen-bond acceptors (Lipinski definition) is 6. The number of hydrogen-bond donors (Lipinski definition) is 1. The largest absolute Gasteiger partial charge is 0.466 e. The van der Waals surface area contributed by atoms with Crippen LogP contribution in [-0.4, -0.2) is 61.5 Å². The average molecular weight is 684 g/mol. The van der Waals surface area contributed by atoms with Crippen molar-refractivity contribution in [3.63, 3.8) is 0 Å². The molecular formula is C42H85NO5. The smallest absolute Gasteiger partial charge is 0.305 e. The summed E-state index contributed by atoms with van der Waals surface area (Å²) in [4.78, 5) is 26.0. The number of rotatable bonds is 41. The van der Waals surface area contributed by atoms with E-state index >= 15 is 0 Å². The van der Waals surface area contributed by atoms with E-state index in [1.807, 2.05) is 0 Å². The summed E-state index contributed by atoms with van der Waals surface area (Å²) in [6, 6.07) is 0. The number of aliphatic hydroxyl groups is 1. The Morgan fingerprint density at radius 3 is 1.44 bits per heavy atom. The number of ether oxygens (including phenoxy) is 1. The van der Waals surface area contributed by atoms with Gasteiger partial charge in [0.15, 0.2) is 0 Å². The van der Waals surface area contributed by atoms with E-state index in [0.717, 1.165) is 64.8 Å². The Labute approximate surface area is 300 Å². The molecule has 0 aromatic carbocycles. The lowest BCUT2D eigenvalue weighted by Gasteiger charge is -2.21. The predicted molar refractivity (Wildman–Crippen MR) is 205 cm³/mol. The zero-order valence-electron chi connectivity index (χ0n) is 32.8. The van der Waals surface area contributed by atoms with Crippen LogP contribution in [0, 0.1) is 0 Å². The van der Waals surface area contributed by atoms with Gasteiger partial charge in [-0.05, 0) is 58.0 Å². The maximum atomic E-state index is 12.0. The van der Waals surface area contributed by atoms with Crippen molar-refractivity contribution in [2.45, 2.75) is 226 Å². The van der Waals surface area contributed by atoms with Gasteiger partial charge in [-0.15, -0.1) is 0 Å². The van der Waals surface area contributed by atoms with Gasteiger partial charge < -0.3 is 14.7 Å². The highest BCUT2D eigenvalue weighted by atomic mass is 17.2. The Bertz CT molecular complexity index is 619. The SMILES string of the molecule is CCCCCCCCCOC(=O)CCCCCCCN(CCO)CCCCCCCCOOC(CCCCCC)CCCCCCCC. The van der Waals surface area contributed by atoms with Crippen LogP contribution in [0.15, 0.2) is 0 Å². The van der Waals surface area contributed by atoms with Gasteiger partial charge in [0.1, 0.15) is 0 Å². The van der Waals surface area contributed by atoms with Crippen LogP contribution < -0.4 is 0 Å². The van der Waals surface area contributed by atoms with Crippen LogP contribution in [0.3, 0.4) is 0 Å². The molecule has 0 spiro atoms. The number of aliphatic hydroxyl groups excluding tert-OH is 1. The maximum Gasteiger partial charge on any atom is 0.305 e. The summed E-state index contributed by atoms with van der Waals surface area (Å²) in [7, 11) is 0. The van der Waals surface area contributed by atoms with Crippen molar-refractivity contribution in [3.05, 3.63) is 0 Å². The molecule has 0 aliphatic heterocycles. The van der Waals surface area contributed by atoms with E-state index in [1.54, 1.807) is 0 Å². The van der Waals surface area contributed by atoms with Crippen LogP contribution in [0.4, 0.5) is 0 Å². The molecule has 288 valence electrons. The molecule has 6 heteroatoms. The quantitative estimate of drug-likeness (QED) is 0.0299. The normalized spacial score (nSPS) is 12.3. The minimum atomic E-state index is -0.0202. The van der Waals surface area contributed by atoms with Crippen molar-refractivity contribution in [1.29, 1.82) is 0 Å². The van der Waals surface area contributed by atoms with Crippen LogP contribution in [0.25, 0.3) is 0 Å². The third-order valence-corrected chi connectivity index (χ3v) is 9.70. The van der Waals surface area contributed by atoms with E-state index in [2.05, 4.69) is 25.7 Å². The predicted octanol–water partition coefficient (Wildman–Crippen LogP) is 12.3. The van der Waals surface area contributed by atoms with E-state index in [-0.39, 0.29) is 18.7 Å². The Balaban J connectivity index is 3.74. The average Bonchev–Trinajstić information content (AvgIpc) is 3.09.